The van der Waals surface area contributed by atoms with Gasteiger partial charge in [-0.1, -0.05) is 11.6 Å². The topological polar surface area (TPSA) is 42.7 Å². The summed E-state index contributed by atoms with van der Waals surface area (Å²) in [7, 11) is 1.89. The van der Waals surface area contributed by atoms with Gasteiger partial charge in [-0.3, -0.25) is 4.68 Å². The molecule has 1 fully saturated rings. The van der Waals surface area contributed by atoms with Crippen LogP contribution in [-0.4, -0.2) is 21.5 Å². The minimum absolute atomic E-state index is 0.852. The monoisotopic (exact) mass is 180 g/mol. The Morgan fingerprint density at radius 2 is 2.46 bits per heavy atom. The van der Waals surface area contributed by atoms with E-state index in [4.69, 9.17) is 0 Å². The minimum Gasteiger partial charge on any atom is -0.311 e. The largest absolute Gasteiger partial charge is 0.311 e. The van der Waals surface area contributed by atoms with Crippen molar-refractivity contribution in [1.29, 1.82) is 0 Å². The smallest absolute Gasteiger partial charge is 0.0964 e. The fraction of sp³-hybridized carbons (Fsp3) is 0.778. The summed E-state index contributed by atoms with van der Waals surface area (Å²) in [6.45, 7) is 1.99. The Kier molecular flexibility index (Phi) is 2.59. The highest BCUT2D eigenvalue weighted by Crippen LogP contribution is 2.25. The van der Waals surface area contributed by atoms with Crippen LogP contribution in [0.15, 0.2) is 6.20 Å². The van der Waals surface area contributed by atoms with Crippen LogP contribution in [0.25, 0.3) is 0 Å². The molecule has 1 saturated carbocycles. The summed E-state index contributed by atoms with van der Waals surface area (Å²) in [6.07, 6.45) is 6.16. The van der Waals surface area contributed by atoms with Gasteiger partial charge in [-0.25, -0.2) is 0 Å². The molecule has 0 unspecified atom stereocenters. The zero-order chi connectivity index (χ0) is 9.10. The van der Waals surface area contributed by atoms with Crippen molar-refractivity contribution in [2.75, 3.05) is 6.54 Å². The minimum atomic E-state index is 0.852. The third-order valence-electron chi connectivity index (χ3n) is 2.61. The van der Waals surface area contributed by atoms with Crippen LogP contribution in [0.1, 0.15) is 25.0 Å². The van der Waals surface area contributed by atoms with Crippen LogP contribution in [-0.2, 0) is 13.6 Å². The van der Waals surface area contributed by atoms with Crippen LogP contribution in [0.2, 0.25) is 0 Å². The maximum Gasteiger partial charge on any atom is 0.0964 e. The van der Waals surface area contributed by atoms with E-state index in [9.17, 15) is 0 Å². The standard InChI is InChI=1S/C9H16N4/c1-13-7-9(11-12-13)6-10-5-8-3-2-4-8/h7-8,10H,2-6H2,1H3. The zero-order valence-electron chi connectivity index (χ0n) is 8.03. The fourth-order valence-corrected chi connectivity index (χ4v) is 1.58. The maximum absolute atomic E-state index is 4.01. The predicted molar refractivity (Wildman–Crippen MR) is 50.1 cm³/mol. The molecule has 4 heteroatoms. The molecule has 13 heavy (non-hydrogen) atoms. The van der Waals surface area contributed by atoms with Crippen molar-refractivity contribution in [3.63, 3.8) is 0 Å². The summed E-state index contributed by atoms with van der Waals surface area (Å²) in [4.78, 5) is 0. The molecule has 1 aliphatic carbocycles. The number of hydrogen-bond acceptors (Lipinski definition) is 3. The molecule has 0 bridgehead atoms. The lowest BCUT2D eigenvalue weighted by molar-refractivity contribution is 0.301. The van der Waals surface area contributed by atoms with Crippen LogP contribution in [0.5, 0.6) is 0 Å². The highest BCUT2D eigenvalue weighted by molar-refractivity contribution is 4.91. The molecule has 0 amide bonds. The Bertz CT molecular complexity index is 264. The normalized spacial score (nSPS) is 17.3. The van der Waals surface area contributed by atoms with Crippen LogP contribution in [0, 0.1) is 5.92 Å². The molecule has 0 atom stereocenters. The van der Waals surface area contributed by atoms with Gasteiger partial charge < -0.3 is 5.32 Å². The second-order valence-electron chi connectivity index (χ2n) is 3.81. The van der Waals surface area contributed by atoms with E-state index in [1.165, 1.54) is 19.3 Å². The van der Waals surface area contributed by atoms with Gasteiger partial charge in [-0.2, -0.15) is 0 Å². The van der Waals surface area contributed by atoms with Gasteiger partial charge in [0.15, 0.2) is 0 Å². The van der Waals surface area contributed by atoms with Gasteiger partial charge in [0, 0.05) is 19.8 Å². The Balaban J connectivity index is 1.67. The van der Waals surface area contributed by atoms with Crippen LogP contribution in [0.3, 0.4) is 0 Å². The van der Waals surface area contributed by atoms with E-state index < -0.39 is 0 Å². The third-order valence-corrected chi connectivity index (χ3v) is 2.61. The first-order valence-corrected chi connectivity index (χ1v) is 4.90. The van der Waals surface area contributed by atoms with E-state index in [2.05, 4.69) is 15.6 Å². The van der Waals surface area contributed by atoms with E-state index in [-0.39, 0.29) is 0 Å². The van der Waals surface area contributed by atoms with E-state index in [1.54, 1.807) is 4.68 Å². The first kappa shape index (κ1) is 8.69. The van der Waals surface area contributed by atoms with E-state index in [0.29, 0.717) is 0 Å². The predicted octanol–water partition coefficient (Wildman–Crippen LogP) is 0.705. The Hall–Kier alpha value is -0.900. The molecule has 1 aromatic heterocycles. The number of aromatic nitrogens is 3. The number of nitrogens with zero attached hydrogens (tertiary/aromatic N) is 3. The molecule has 1 aromatic rings. The number of hydrogen-bond donors (Lipinski definition) is 1. The van der Waals surface area contributed by atoms with E-state index >= 15 is 0 Å². The molecule has 0 saturated heterocycles. The van der Waals surface area contributed by atoms with Crippen molar-refractivity contribution in [3.8, 4) is 0 Å². The van der Waals surface area contributed by atoms with Crippen molar-refractivity contribution < 1.29 is 0 Å². The van der Waals surface area contributed by atoms with Crippen molar-refractivity contribution >= 4 is 0 Å². The molecule has 0 aliphatic heterocycles. The van der Waals surface area contributed by atoms with Crippen molar-refractivity contribution in [2.24, 2.45) is 13.0 Å². The van der Waals surface area contributed by atoms with Gasteiger partial charge in [0.05, 0.1) is 5.69 Å². The molecule has 72 valence electrons. The molecule has 1 aliphatic rings. The van der Waals surface area contributed by atoms with Gasteiger partial charge in [0.25, 0.3) is 0 Å². The SMILES string of the molecule is Cn1cc(CNCC2CCC2)nn1. The zero-order valence-corrected chi connectivity index (χ0v) is 8.03. The average Bonchev–Trinajstić information content (AvgIpc) is 2.42. The summed E-state index contributed by atoms with van der Waals surface area (Å²) >= 11 is 0. The highest BCUT2D eigenvalue weighted by atomic mass is 15.4. The van der Waals surface area contributed by atoms with E-state index in [1.807, 2.05) is 13.2 Å². The van der Waals surface area contributed by atoms with Gasteiger partial charge in [-0.05, 0) is 25.3 Å². The van der Waals surface area contributed by atoms with Crippen molar-refractivity contribution in [2.45, 2.75) is 25.8 Å². The second kappa shape index (κ2) is 3.87. The molecule has 1 heterocycles. The van der Waals surface area contributed by atoms with Crippen LogP contribution in [0.4, 0.5) is 0 Å². The van der Waals surface area contributed by atoms with Crippen molar-refractivity contribution in [1.82, 2.24) is 20.3 Å². The molecule has 0 radical (unpaired) electrons. The Morgan fingerprint density at radius 1 is 1.62 bits per heavy atom. The molecule has 0 aromatic carbocycles. The number of nitrogens with one attached hydrogen (secondary N) is 1. The van der Waals surface area contributed by atoms with Gasteiger partial charge in [0.1, 0.15) is 0 Å². The molecule has 1 N–H and O–H groups in total. The fourth-order valence-electron chi connectivity index (χ4n) is 1.58. The maximum atomic E-state index is 4.01. The molecular weight excluding hydrogens is 164 g/mol. The summed E-state index contributed by atoms with van der Waals surface area (Å²) < 4.78 is 1.74. The first-order chi connectivity index (χ1) is 6.34. The lowest BCUT2D eigenvalue weighted by Crippen LogP contribution is -2.26. The summed E-state index contributed by atoms with van der Waals surface area (Å²) in [5, 5.41) is 11.3. The lowest BCUT2D eigenvalue weighted by atomic mass is 9.85. The molecule has 0 spiro atoms. The molecule has 4 nitrogen and oxygen atoms in total. The van der Waals surface area contributed by atoms with Gasteiger partial charge in [0.2, 0.25) is 0 Å². The second-order valence-corrected chi connectivity index (χ2v) is 3.81. The average molecular weight is 180 g/mol. The Morgan fingerprint density at radius 3 is 3.00 bits per heavy atom. The third kappa shape index (κ3) is 2.28. The van der Waals surface area contributed by atoms with Gasteiger partial charge >= 0.3 is 0 Å². The summed E-state index contributed by atoms with van der Waals surface area (Å²) in [5.41, 5.74) is 1.03. The number of aryl methyl sites for hydroxylation is 1. The lowest BCUT2D eigenvalue weighted by Gasteiger charge is -2.25. The molecular formula is C9H16N4. The summed E-state index contributed by atoms with van der Waals surface area (Å²) in [6, 6.07) is 0. The number of rotatable bonds is 4. The highest BCUT2D eigenvalue weighted by Gasteiger charge is 2.16. The molecule has 2 rings (SSSR count). The quantitative estimate of drug-likeness (QED) is 0.742. The van der Waals surface area contributed by atoms with Crippen LogP contribution >= 0.6 is 0 Å². The Labute approximate surface area is 78.3 Å². The van der Waals surface area contributed by atoms with Crippen molar-refractivity contribution in [3.05, 3.63) is 11.9 Å². The summed E-state index contributed by atoms with van der Waals surface area (Å²) in [5.74, 6) is 0.914. The first-order valence-electron chi connectivity index (χ1n) is 4.90. The van der Waals surface area contributed by atoms with E-state index in [0.717, 1.165) is 24.7 Å². The van der Waals surface area contributed by atoms with Gasteiger partial charge in [-0.15, -0.1) is 5.10 Å². The van der Waals surface area contributed by atoms with Crippen LogP contribution < -0.4 is 5.32 Å².